The van der Waals surface area contributed by atoms with Gasteiger partial charge in [-0.25, -0.2) is 0 Å². The second kappa shape index (κ2) is 10.1. The molecule has 0 fully saturated rings. The molecule has 0 saturated heterocycles. The lowest BCUT2D eigenvalue weighted by Gasteiger charge is -2.33. The molecule has 0 radical (unpaired) electrons. The van der Waals surface area contributed by atoms with Crippen LogP contribution in [0.25, 0.3) is 0 Å². The van der Waals surface area contributed by atoms with Crippen LogP contribution < -0.4 is 15.6 Å². The second-order valence-corrected chi connectivity index (χ2v) is 11.1. The number of rotatable bonds is 9. The molecule has 0 aromatic heterocycles. The van der Waals surface area contributed by atoms with Crippen LogP contribution in [0, 0.1) is 0 Å². The topological polar surface area (TPSA) is 0 Å². The smallest absolute Gasteiger partial charge is 0.0902 e. The summed E-state index contributed by atoms with van der Waals surface area (Å²) >= 11 is 0. The quantitative estimate of drug-likeness (QED) is 0.208. The second-order valence-electron chi connectivity index (χ2n) is 7.17. The van der Waals surface area contributed by atoms with Gasteiger partial charge in [0.15, 0.2) is 8.07 Å². The minimum absolute atomic E-state index is 1.11. The number of hydrogen-bond acceptors (Lipinski definition) is 0. The van der Waals surface area contributed by atoms with E-state index in [4.69, 9.17) is 0 Å². The van der Waals surface area contributed by atoms with Crippen molar-refractivity contribution in [2.75, 3.05) is 0 Å². The number of benzene rings is 3. The summed E-state index contributed by atoms with van der Waals surface area (Å²) in [6.07, 6.45) is 9.95. The molecule has 0 spiro atoms. The Morgan fingerprint density at radius 2 is 1.04 bits per heavy atom. The van der Waals surface area contributed by atoms with E-state index >= 15 is 0 Å². The molecule has 0 unspecified atom stereocenters. The molecule has 0 atom stereocenters. The number of allylic oxidation sites excluding steroid dienone is 2. The van der Waals surface area contributed by atoms with Gasteiger partial charge in [-0.15, -0.1) is 0 Å². The minimum Gasteiger partial charge on any atom is -0.0902 e. The summed E-state index contributed by atoms with van der Waals surface area (Å²) in [6, 6.07) is 34.6. The summed E-state index contributed by atoms with van der Waals surface area (Å²) in [7, 11) is -2.08. The monoisotopic (exact) mass is 370 g/mol. The fourth-order valence-electron chi connectivity index (χ4n) is 3.91. The molecule has 0 aliphatic heterocycles. The van der Waals surface area contributed by atoms with Gasteiger partial charge in [-0.2, -0.15) is 0 Å². The number of unbranched alkanes of at least 4 members (excludes halogenated alkanes) is 3. The van der Waals surface area contributed by atoms with Crippen LogP contribution >= 0.6 is 0 Å². The van der Waals surface area contributed by atoms with Crippen molar-refractivity contribution in [1.82, 2.24) is 0 Å². The Bertz CT molecular complexity index is 710. The first-order valence-electron chi connectivity index (χ1n) is 10.2. The summed E-state index contributed by atoms with van der Waals surface area (Å²) in [5, 5.41) is 4.46. The SMILES string of the molecule is CCCCC/C=C/C[Si](c1ccccc1)(c1ccccc1)c1ccccc1. The van der Waals surface area contributed by atoms with Crippen LogP contribution in [-0.4, -0.2) is 8.07 Å². The van der Waals surface area contributed by atoms with Gasteiger partial charge in [-0.1, -0.05) is 123 Å². The fraction of sp³-hybridized carbons (Fsp3) is 0.231. The Kier molecular flexibility index (Phi) is 7.24. The number of hydrogen-bond donors (Lipinski definition) is 0. The highest BCUT2D eigenvalue weighted by molar-refractivity contribution is 7.11. The third kappa shape index (κ3) is 4.67. The first kappa shape index (κ1) is 19.4. The largest absolute Gasteiger partial charge is 0.151 e. The van der Waals surface area contributed by atoms with Crippen molar-refractivity contribution in [3.05, 3.63) is 103 Å². The van der Waals surface area contributed by atoms with E-state index in [-0.39, 0.29) is 0 Å². The molecule has 0 bridgehead atoms. The van der Waals surface area contributed by atoms with Gasteiger partial charge in [0.2, 0.25) is 0 Å². The first-order valence-corrected chi connectivity index (χ1v) is 12.4. The Hall–Kier alpha value is -2.38. The molecule has 138 valence electrons. The Morgan fingerprint density at radius 3 is 1.44 bits per heavy atom. The predicted molar refractivity (Wildman–Crippen MR) is 122 cm³/mol. The third-order valence-electron chi connectivity index (χ3n) is 5.36. The predicted octanol–water partition coefficient (Wildman–Crippen LogP) is 5.29. The van der Waals surface area contributed by atoms with E-state index in [9.17, 15) is 0 Å². The van der Waals surface area contributed by atoms with Crippen molar-refractivity contribution in [2.24, 2.45) is 0 Å². The summed E-state index contributed by atoms with van der Waals surface area (Å²) in [6.45, 7) is 2.27. The highest BCUT2D eigenvalue weighted by atomic mass is 28.3. The molecule has 1 heteroatoms. The van der Waals surface area contributed by atoms with Gasteiger partial charge in [-0.05, 0) is 34.4 Å². The van der Waals surface area contributed by atoms with Crippen LogP contribution in [0.4, 0.5) is 0 Å². The van der Waals surface area contributed by atoms with Crippen LogP contribution in [0.3, 0.4) is 0 Å². The molecule has 0 nitrogen and oxygen atoms in total. The lowest BCUT2D eigenvalue weighted by Crippen LogP contribution is -2.66. The van der Waals surface area contributed by atoms with E-state index in [1.54, 1.807) is 0 Å². The summed E-state index contributed by atoms with van der Waals surface area (Å²) in [5.74, 6) is 0. The summed E-state index contributed by atoms with van der Waals surface area (Å²) in [5.41, 5.74) is 0. The van der Waals surface area contributed by atoms with Gasteiger partial charge in [0.1, 0.15) is 0 Å². The Morgan fingerprint density at radius 1 is 0.593 bits per heavy atom. The molecular formula is C26H30Si. The normalized spacial score (nSPS) is 11.7. The van der Waals surface area contributed by atoms with Crippen molar-refractivity contribution < 1.29 is 0 Å². The zero-order valence-corrected chi connectivity index (χ0v) is 17.4. The van der Waals surface area contributed by atoms with Crippen LogP contribution in [0.15, 0.2) is 103 Å². The maximum absolute atomic E-state index is 2.45. The molecule has 27 heavy (non-hydrogen) atoms. The van der Waals surface area contributed by atoms with Gasteiger partial charge in [0.25, 0.3) is 0 Å². The maximum atomic E-state index is 2.45. The average molecular weight is 371 g/mol. The van der Waals surface area contributed by atoms with Gasteiger partial charge in [-0.3, -0.25) is 0 Å². The van der Waals surface area contributed by atoms with Crippen LogP contribution in [0.5, 0.6) is 0 Å². The van der Waals surface area contributed by atoms with E-state index in [1.165, 1.54) is 41.2 Å². The molecule has 0 aliphatic carbocycles. The van der Waals surface area contributed by atoms with E-state index in [0.717, 1.165) is 6.04 Å². The van der Waals surface area contributed by atoms with E-state index < -0.39 is 8.07 Å². The van der Waals surface area contributed by atoms with Crippen molar-refractivity contribution in [3.63, 3.8) is 0 Å². The van der Waals surface area contributed by atoms with Gasteiger partial charge < -0.3 is 0 Å². The highest BCUT2D eigenvalue weighted by Gasteiger charge is 2.37. The van der Waals surface area contributed by atoms with E-state index in [2.05, 4.69) is 110 Å². The molecule has 0 N–H and O–H groups in total. The van der Waals surface area contributed by atoms with Gasteiger partial charge in [0, 0.05) is 0 Å². The zero-order valence-electron chi connectivity index (χ0n) is 16.4. The van der Waals surface area contributed by atoms with Crippen LogP contribution in [0.2, 0.25) is 6.04 Å². The van der Waals surface area contributed by atoms with Crippen molar-refractivity contribution in [2.45, 2.75) is 38.7 Å². The lowest BCUT2D eigenvalue weighted by molar-refractivity contribution is 0.729. The maximum Gasteiger partial charge on any atom is 0.151 e. The van der Waals surface area contributed by atoms with Gasteiger partial charge in [0.05, 0.1) is 0 Å². The molecule has 3 rings (SSSR count). The molecule has 0 saturated carbocycles. The summed E-state index contributed by atoms with van der Waals surface area (Å²) < 4.78 is 0. The highest BCUT2D eigenvalue weighted by Crippen LogP contribution is 2.14. The van der Waals surface area contributed by atoms with Crippen LogP contribution in [-0.2, 0) is 0 Å². The van der Waals surface area contributed by atoms with Crippen molar-refractivity contribution in [1.29, 1.82) is 0 Å². The molecule has 0 heterocycles. The van der Waals surface area contributed by atoms with E-state index in [0.29, 0.717) is 0 Å². The fourth-order valence-corrected chi connectivity index (χ4v) is 8.42. The Balaban J connectivity index is 2.06. The standard InChI is InChI=1S/C26H30Si/c1-2-3-4-5-6-16-23-27(24-17-10-7-11-18-24,25-19-12-8-13-20-25)26-21-14-9-15-22-26/h6-22H,2-5,23H2,1H3/b16-6+. The van der Waals surface area contributed by atoms with Crippen molar-refractivity contribution in [3.8, 4) is 0 Å². The minimum atomic E-state index is -2.08. The lowest BCUT2D eigenvalue weighted by atomic mass is 10.2. The summed E-state index contributed by atoms with van der Waals surface area (Å²) in [4.78, 5) is 0. The molecule has 3 aromatic carbocycles. The van der Waals surface area contributed by atoms with Crippen LogP contribution in [0.1, 0.15) is 32.6 Å². The van der Waals surface area contributed by atoms with Crippen molar-refractivity contribution >= 4 is 23.6 Å². The van der Waals surface area contributed by atoms with Gasteiger partial charge >= 0.3 is 0 Å². The molecule has 0 amide bonds. The van der Waals surface area contributed by atoms with E-state index in [1.807, 2.05) is 0 Å². The molecular weight excluding hydrogens is 340 g/mol. The molecule has 0 aliphatic rings. The Labute approximate surface area is 165 Å². The zero-order chi connectivity index (χ0) is 18.8. The first-order chi connectivity index (χ1) is 13.4. The third-order valence-corrected chi connectivity index (χ3v) is 10.2. The average Bonchev–Trinajstić information content (AvgIpc) is 2.75. The molecule has 3 aromatic rings.